The van der Waals surface area contributed by atoms with E-state index < -0.39 is 0 Å². The van der Waals surface area contributed by atoms with Gasteiger partial charge in [-0.05, 0) is 24.1 Å². The molecule has 1 aromatic rings. The fourth-order valence-corrected chi connectivity index (χ4v) is 1.62. The maximum atomic E-state index is 9.10. The van der Waals surface area contributed by atoms with Crippen LogP contribution in [0.1, 0.15) is 25.0 Å². The maximum absolute atomic E-state index is 9.10. The Morgan fingerprint density at radius 3 is 2.53 bits per heavy atom. The molecule has 0 aliphatic carbocycles. The fraction of sp³-hybridized carbons (Fsp3) is 0.500. The minimum atomic E-state index is -0.281. The molecular weight excluding hydrogens is 210 g/mol. The Morgan fingerprint density at radius 2 is 2.07 bits per heavy atom. The van der Waals surface area contributed by atoms with Gasteiger partial charge >= 0.3 is 0 Å². The van der Waals surface area contributed by atoms with Gasteiger partial charge in [0, 0.05) is 16.5 Å². The highest BCUT2D eigenvalue weighted by Crippen LogP contribution is 2.29. The van der Waals surface area contributed by atoms with Crippen LogP contribution in [0.5, 0.6) is 0 Å². The van der Waals surface area contributed by atoms with E-state index >= 15 is 0 Å². The van der Waals surface area contributed by atoms with Crippen molar-refractivity contribution >= 4 is 11.6 Å². The van der Waals surface area contributed by atoms with Gasteiger partial charge in [0.05, 0.1) is 6.61 Å². The third-order valence-electron chi connectivity index (χ3n) is 3.04. The van der Waals surface area contributed by atoms with Crippen LogP contribution in [0.4, 0.5) is 0 Å². The Bertz CT molecular complexity index is 349. The molecule has 0 heterocycles. The number of halogens is 1. The number of benzene rings is 1. The van der Waals surface area contributed by atoms with Crippen LogP contribution in [0, 0.1) is 6.92 Å². The topological polar surface area (TPSA) is 46.2 Å². The molecule has 1 aromatic carbocycles. The smallest absolute Gasteiger partial charge is 0.0591 e. The number of nitrogens with two attached hydrogens (primary N) is 1. The van der Waals surface area contributed by atoms with Crippen LogP contribution in [0.25, 0.3) is 0 Å². The Kier molecular flexibility index (Phi) is 3.77. The Balaban J connectivity index is 3.10. The van der Waals surface area contributed by atoms with Crippen molar-refractivity contribution in [2.75, 3.05) is 6.61 Å². The lowest BCUT2D eigenvalue weighted by atomic mass is 9.78. The molecule has 1 unspecified atom stereocenters. The molecule has 2 nitrogen and oxygen atoms in total. The minimum absolute atomic E-state index is 0.0293. The van der Waals surface area contributed by atoms with Crippen molar-refractivity contribution in [3.05, 3.63) is 34.3 Å². The summed E-state index contributed by atoms with van der Waals surface area (Å²) in [5.74, 6) is 0. The van der Waals surface area contributed by atoms with Crippen LogP contribution in [0.2, 0.25) is 5.02 Å². The lowest BCUT2D eigenvalue weighted by Crippen LogP contribution is -2.43. The largest absolute Gasteiger partial charge is 0.395 e. The molecule has 0 fully saturated rings. The highest BCUT2D eigenvalue weighted by atomic mass is 35.5. The Labute approximate surface area is 96.1 Å². The fourth-order valence-electron chi connectivity index (χ4n) is 1.44. The van der Waals surface area contributed by atoms with Gasteiger partial charge in [0.1, 0.15) is 0 Å². The molecule has 0 bridgehead atoms. The van der Waals surface area contributed by atoms with E-state index in [-0.39, 0.29) is 18.1 Å². The molecule has 3 N–H and O–H groups in total. The molecule has 0 saturated heterocycles. The summed E-state index contributed by atoms with van der Waals surface area (Å²) in [7, 11) is 0. The summed E-state index contributed by atoms with van der Waals surface area (Å²) >= 11 is 6.06. The highest BCUT2D eigenvalue weighted by Gasteiger charge is 2.28. The van der Waals surface area contributed by atoms with Crippen molar-refractivity contribution in [2.45, 2.75) is 32.2 Å². The van der Waals surface area contributed by atoms with E-state index in [1.54, 1.807) is 0 Å². The summed E-state index contributed by atoms with van der Waals surface area (Å²) in [6.45, 7) is 5.95. The summed E-state index contributed by atoms with van der Waals surface area (Å²) in [5, 5.41) is 9.84. The van der Waals surface area contributed by atoms with Crippen LogP contribution in [-0.2, 0) is 5.41 Å². The van der Waals surface area contributed by atoms with E-state index in [0.29, 0.717) is 0 Å². The number of aliphatic hydroxyl groups excluding tert-OH is 1. The number of aliphatic hydroxyl groups is 1. The first-order chi connectivity index (χ1) is 6.89. The molecule has 0 radical (unpaired) electrons. The van der Waals surface area contributed by atoms with Gasteiger partial charge < -0.3 is 10.8 Å². The Morgan fingerprint density at radius 1 is 1.47 bits per heavy atom. The molecule has 1 rings (SSSR count). The van der Waals surface area contributed by atoms with Gasteiger partial charge in [-0.15, -0.1) is 0 Å². The van der Waals surface area contributed by atoms with Crippen LogP contribution in [-0.4, -0.2) is 17.8 Å². The quantitative estimate of drug-likeness (QED) is 0.832. The summed E-state index contributed by atoms with van der Waals surface area (Å²) in [5.41, 5.74) is 7.71. The van der Waals surface area contributed by atoms with Crippen molar-refractivity contribution in [3.8, 4) is 0 Å². The number of rotatable bonds is 3. The molecular formula is C12H18ClNO. The first-order valence-corrected chi connectivity index (χ1v) is 5.40. The summed E-state index contributed by atoms with van der Waals surface area (Å²) in [6, 6.07) is 5.63. The second-order valence-electron chi connectivity index (χ2n) is 4.47. The predicted molar refractivity (Wildman–Crippen MR) is 64.3 cm³/mol. The number of hydrogen-bond donors (Lipinski definition) is 2. The third kappa shape index (κ3) is 2.51. The van der Waals surface area contributed by atoms with E-state index in [1.165, 1.54) is 0 Å². The van der Waals surface area contributed by atoms with Crippen molar-refractivity contribution in [1.82, 2.24) is 0 Å². The Hall–Kier alpha value is -0.570. The zero-order valence-electron chi connectivity index (χ0n) is 9.42. The molecule has 1 atom stereocenters. The molecule has 84 valence electrons. The molecule has 3 heteroatoms. The van der Waals surface area contributed by atoms with Crippen molar-refractivity contribution < 1.29 is 5.11 Å². The predicted octanol–water partition coefficient (Wildman–Crippen LogP) is 2.25. The average Bonchev–Trinajstić information content (AvgIpc) is 2.20. The zero-order valence-corrected chi connectivity index (χ0v) is 10.2. The highest BCUT2D eigenvalue weighted by molar-refractivity contribution is 6.31. The van der Waals surface area contributed by atoms with Gasteiger partial charge in [-0.3, -0.25) is 0 Å². The molecule has 15 heavy (non-hydrogen) atoms. The first-order valence-electron chi connectivity index (χ1n) is 5.02. The third-order valence-corrected chi connectivity index (χ3v) is 3.45. The number of aryl methyl sites for hydroxylation is 1. The van der Waals surface area contributed by atoms with Gasteiger partial charge in [-0.25, -0.2) is 0 Å². The summed E-state index contributed by atoms with van der Waals surface area (Å²) < 4.78 is 0. The van der Waals surface area contributed by atoms with Crippen molar-refractivity contribution in [2.24, 2.45) is 5.73 Å². The second kappa shape index (κ2) is 4.52. The van der Waals surface area contributed by atoms with Gasteiger partial charge in [0.2, 0.25) is 0 Å². The molecule has 0 spiro atoms. The lowest BCUT2D eigenvalue weighted by molar-refractivity contribution is 0.220. The van der Waals surface area contributed by atoms with Crippen LogP contribution in [0.15, 0.2) is 18.2 Å². The summed E-state index contributed by atoms with van der Waals surface area (Å²) in [6.07, 6.45) is 0. The maximum Gasteiger partial charge on any atom is 0.0591 e. The van der Waals surface area contributed by atoms with Crippen molar-refractivity contribution in [3.63, 3.8) is 0 Å². The van der Waals surface area contributed by atoms with E-state index in [2.05, 4.69) is 0 Å². The van der Waals surface area contributed by atoms with Gasteiger partial charge in [-0.1, -0.05) is 37.6 Å². The molecule has 0 aliphatic heterocycles. The van der Waals surface area contributed by atoms with Gasteiger partial charge in [-0.2, -0.15) is 0 Å². The van der Waals surface area contributed by atoms with E-state index in [1.807, 2.05) is 39.0 Å². The van der Waals surface area contributed by atoms with E-state index in [9.17, 15) is 0 Å². The SMILES string of the molecule is Cc1ccc(C(C)(C)C(N)CO)cc1Cl. The first kappa shape index (κ1) is 12.5. The molecule has 0 aliphatic rings. The van der Waals surface area contributed by atoms with Gasteiger partial charge in [0.15, 0.2) is 0 Å². The minimum Gasteiger partial charge on any atom is -0.395 e. The lowest BCUT2D eigenvalue weighted by Gasteiger charge is -2.31. The van der Waals surface area contributed by atoms with E-state index in [4.69, 9.17) is 22.4 Å². The van der Waals surface area contributed by atoms with Crippen LogP contribution >= 0.6 is 11.6 Å². The van der Waals surface area contributed by atoms with E-state index in [0.717, 1.165) is 16.1 Å². The summed E-state index contributed by atoms with van der Waals surface area (Å²) in [4.78, 5) is 0. The van der Waals surface area contributed by atoms with Gasteiger partial charge in [0.25, 0.3) is 0 Å². The normalized spacial score (nSPS) is 14.0. The van der Waals surface area contributed by atoms with Crippen LogP contribution in [0.3, 0.4) is 0 Å². The zero-order chi connectivity index (χ0) is 11.6. The molecule has 0 aromatic heterocycles. The van der Waals surface area contributed by atoms with Crippen LogP contribution < -0.4 is 5.73 Å². The van der Waals surface area contributed by atoms with Crippen molar-refractivity contribution in [1.29, 1.82) is 0 Å². The molecule has 0 saturated carbocycles. The second-order valence-corrected chi connectivity index (χ2v) is 4.88. The monoisotopic (exact) mass is 227 g/mol. The molecule has 0 amide bonds. The average molecular weight is 228 g/mol. The number of hydrogen-bond acceptors (Lipinski definition) is 2. The standard InChI is InChI=1S/C12H18ClNO/c1-8-4-5-9(6-10(8)13)12(2,3)11(14)7-15/h4-6,11,15H,7,14H2,1-3H3.